The van der Waals surface area contributed by atoms with E-state index in [9.17, 15) is 19.5 Å². The van der Waals surface area contributed by atoms with Gasteiger partial charge in [-0.3, -0.25) is 4.79 Å². The zero-order valence-corrected chi connectivity index (χ0v) is 23.3. The maximum atomic E-state index is 13.4. The predicted octanol–water partition coefficient (Wildman–Crippen LogP) is 5.48. The number of amides is 3. The summed E-state index contributed by atoms with van der Waals surface area (Å²) in [7, 11) is 2.81. The van der Waals surface area contributed by atoms with Crippen LogP contribution in [0.4, 0.5) is 9.59 Å². The summed E-state index contributed by atoms with van der Waals surface area (Å²) in [6.45, 7) is 0.663. The Morgan fingerprint density at radius 2 is 1.77 bits per heavy atom. The zero-order valence-electron chi connectivity index (χ0n) is 22.5. The molecule has 0 bridgehead atoms. The Kier molecular flexibility index (Phi) is 11.9. The second kappa shape index (κ2) is 15.3. The van der Waals surface area contributed by atoms with Crippen LogP contribution in [0.1, 0.15) is 66.1 Å². The van der Waals surface area contributed by atoms with E-state index in [0.29, 0.717) is 16.5 Å². The Labute approximate surface area is 234 Å². The number of rotatable bonds is 12. The number of carbonyl (C=O) groups excluding carboxylic acids is 2. The maximum absolute atomic E-state index is 13.4. The van der Waals surface area contributed by atoms with E-state index < -0.39 is 18.3 Å². The van der Waals surface area contributed by atoms with Gasteiger partial charge in [0.25, 0.3) is 5.91 Å². The van der Waals surface area contributed by atoms with Crippen LogP contribution in [-0.2, 0) is 9.47 Å². The lowest BCUT2D eigenvalue weighted by Crippen LogP contribution is -2.45. The van der Waals surface area contributed by atoms with Crippen LogP contribution in [0.5, 0.6) is 0 Å². The molecule has 0 radical (unpaired) electrons. The lowest BCUT2D eigenvalue weighted by atomic mass is 9.84. The first-order valence-corrected chi connectivity index (χ1v) is 13.7. The van der Waals surface area contributed by atoms with Gasteiger partial charge in [-0.05, 0) is 47.7 Å². The Morgan fingerprint density at radius 3 is 2.44 bits per heavy atom. The normalized spacial score (nSPS) is 15.2. The van der Waals surface area contributed by atoms with Crippen molar-refractivity contribution in [2.75, 3.05) is 33.9 Å². The number of nitrogens with zero attached hydrogens (tertiary/aromatic N) is 1. The van der Waals surface area contributed by atoms with Crippen LogP contribution in [0.25, 0.3) is 0 Å². The number of alkyl carbamates (subject to hydrolysis) is 1. The summed E-state index contributed by atoms with van der Waals surface area (Å²) < 4.78 is 10.7. The van der Waals surface area contributed by atoms with Crippen LogP contribution in [0.3, 0.4) is 0 Å². The van der Waals surface area contributed by atoms with E-state index in [1.54, 1.807) is 30.3 Å². The molecule has 2 aromatic carbocycles. The average Bonchev–Trinajstić information content (AvgIpc) is 2.93. The molecule has 3 N–H and O–H groups in total. The highest BCUT2D eigenvalue weighted by molar-refractivity contribution is 6.30. The van der Waals surface area contributed by atoms with Crippen LogP contribution < -0.4 is 10.6 Å². The monoisotopic (exact) mass is 559 g/mol. The fourth-order valence-corrected chi connectivity index (χ4v) is 5.18. The van der Waals surface area contributed by atoms with Crippen molar-refractivity contribution in [2.45, 2.75) is 50.7 Å². The number of hydrogen-bond donors (Lipinski definition) is 3. The highest BCUT2D eigenvalue weighted by atomic mass is 35.5. The van der Waals surface area contributed by atoms with Gasteiger partial charge in [0.1, 0.15) is 6.10 Å². The summed E-state index contributed by atoms with van der Waals surface area (Å²) >= 11 is 6.24. The molecule has 212 valence electrons. The molecule has 0 spiro atoms. The molecule has 1 aliphatic carbocycles. The summed E-state index contributed by atoms with van der Waals surface area (Å²) in [5.74, 6) is 0.199. The predicted molar refractivity (Wildman–Crippen MR) is 149 cm³/mol. The number of methoxy groups -OCH3 is 1. The molecule has 10 heteroatoms. The second-order valence-electron chi connectivity index (χ2n) is 9.92. The Hall–Kier alpha value is -3.30. The van der Waals surface area contributed by atoms with E-state index in [-0.39, 0.29) is 31.6 Å². The van der Waals surface area contributed by atoms with E-state index >= 15 is 0 Å². The molecule has 0 heterocycles. The third-order valence-corrected chi connectivity index (χ3v) is 7.18. The van der Waals surface area contributed by atoms with Gasteiger partial charge in [0.05, 0.1) is 13.7 Å². The Balaban J connectivity index is 1.77. The topological polar surface area (TPSA) is 117 Å². The number of benzene rings is 2. The average molecular weight is 560 g/mol. The van der Waals surface area contributed by atoms with Crippen molar-refractivity contribution in [1.82, 2.24) is 15.5 Å². The smallest absolute Gasteiger partial charge is 0.407 e. The second-order valence-corrected chi connectivity index (χ2v) is 10.4. The lowest BCUT2D eigenvalue weighted by Gasteiger charge is -2.29. The van der Waals surface area contributed by atoms with Gasteiger partial charge in [-0.2, -0.15) is 0 Å². The third kappa shape index (κ3) is 9.75. The summed E-state index contributed by atoms with van der Waals surface area (Å²) in [6, 6.07) is 14.1. The molecule has 0 aliphatic heterocycles. The van der Waals surface area contributed by atoms with Crippen LogP contribution in [-0.4, -0.2) is 68.0 Å². The number of likely N-dealkylation sites (N-methyl/N-ethyl adjacent to an activating group) is 1. The van der Waals surface area contributed by atoms with Crippen molar-refractivity contribution >= 4 is 29.7 Å². The molecule has 0 aromatic heterocycles. The van der Waals surface area contributed by atoms with Crippen LogP contribution in [0.15, 0.2) is 48.5 Å². The van der Waals surface area contributed by atoms with Gasteiger partial charge in [0.15, 0.2) is 0 Å². The number of hydrogen-bond acceptors (Lipinski definition) is 5. The van der Waals surface area contributed by atoms with E-state index in [1.807, 2.05) is 18.2 Å². The molecule has 0 saturated heterocycles. The molecule has 39 heavy (non-hydrogen) atoms. The van der Waals surface area contributed by atoms with Gasteiger partial charge in [0.2, 0.25) is 0 Å². The van der Waals surface area contributed by atoms with Crippen LogP contribution in [0.2, 0.25) is 5.02 Å². The fourth-order valence-electron chi connectivity index (χ4n) is 4.98. The SMILES string of the molecule is COC(=O)NCCOC(c1cccc(Cl)c1)c1cccc(C(=O)N[C@H](CC2CCCCC2)CN(C)C(=O)O)c1. The third-order valence-electron chi connectivity index (χ3n) is 6.94. The van der Waals surface area contributed by atoms with Gasteiger partial charge in [-0.1, -0.05) is 68.0 Å². The van der Waals surface area contributed by atoms with E-state index in [1.165, 1.54) is 38.3 Å². The van der Waals surface area contributed by atoms with Crippen molar-refractivity contribution < 1.29 is 29.0 Å². The van der Waals surface area contributed by atoms with Gasteiger partial charge >= 0.3 is 12.2 Å². The summed E-state index contributed by atoms with van der Waals surface area (Å²) in [5.41, 5.74) is 1.99. The minimum atomic E-state index is -1.02. The molecule has 1 fully saturated rings. The van der Waals surface area contributed by atoms with Gasteiger partial charge in [-0.25, -0.2) is 9.59 Å². The molecule has 3 amide bonds. The van der Waals surface area contributed by atoms with Crippen molar-refractivity contribution in [3.63, 3.8) is 0 Å². The van der Waals surface area contributed by atoms with Gasteiger partial charge in [-0.15, -0.1) is 0 Å². The number of ether oxygens (including phenoxy) is 2. The molecule has 1 unspecified atom stereocenters. The number of nitrogens with one attached hydrogen (secondary N) is 2. The van der Waals surface area contributed by atoms with E-state index in [2.05, 4.69) is 15.4 Å². The molecule has 2 aromatic rings. The summed E-state index contributed by atoms with van der Waals surface area (Å²) in [4.78, 5) is 37.5. The number of carbonyl (C=O) groups is 3. The fraction of sp³-hybridized carbons (Fsp3) is 0.483. The van der Waals surface area contributed by atoms with Crippen molar-refractivity contribution in [1.29, 1.82) is 0 Å². The van der Waals surface area contributed by atoms with Crippen LogP contribution in [0, 0.1) is 5.92 Å². The van der Waals surface area contributed by atoms with Crippen LogP contribution >= 0.6 is 11.6 Å². The first kappa shape index (κ1) is 30.2. The highest BCUT2D eigenvalue weighted by Crippen LogP contribution is 2.29. The molecule has 2 atom stereocenters. The Morgan fingerprint density at radius 1 is 1.08 bits per heavy atom. The molecule has 1 saturated carbocycles. The molecular formula is C29H38ClN3O6. The first-order valence-electron chi connectivity index (χ1n) is 13.3. The first-order chi connectivity index (χ1) is 18.8. The molecule has 9 nitrogen and oxygen atoms in total. The highest BCUT2D eigenvalue weighted by Gasteiger charge is 2.24. The van der Waals surface area contributed by atoms with Gasteiger partial charge in [0, 0.05) is 36.8 Å². The molecule has 1 aliphatic rings. The molecule has 3 rings (SSSR count). The van der Waals surface area contributed by atoms with Crippen molar-refractivity contribution in [3.05, 3.63) is 70.2 Å². The van der Waals surface area contributed by atoms with Crippen molar-refractivity contribution in [3.8, 4) is 0 Å². The summed E-state index contributed by atoms with van der Waals surface area (Å²) in [6.07, 6.45) is 4.39. The summed E-state index contributed by atoms with van der Waals surface area (Å²) in [5, 5.41) is 15.6. The standard InChI is InChI=1S/C29H38ClN3O6/c1-33(29(36)37)19-25(16-20-8-4-3-5-9-20)32-27(34)23-12-6-10-21(17-23)26(22-11-7-13-24(30)18-22)39-15-14-31-28(35)38-2/h6-7,10-13,17-18,20,25-26H,3-5,8-9,14-16,19H2,1-2H3,(H,31,35)(H,32,34)(H,36,37)/t25-,26?/m1/s1. The van der Waals surface area contributed by atoms with E-state index in [4.69, 9.17) is 16.3 Å². The van der Waals surface area contributed by atoms with Crippen molar-refractivity contribution in [2.24, 2.45) is 5.92 Å². The minimum absolute atomic E-state index is 0.202. The number of carboxylic acid groups (broad SMARTS) is 1. The largest absolute Gasteiger partial charge is 0.465 e. The van der Waals surface area contributed by atoms with E-state index in [0.717, 1.165) is 30.4 Å². The Bertz CT molecular complexity index is 1110. The lowest BCUT2D eigenvalue weighted by molar-refractivity contribution is 0.0803. The number of halogens is 1. The maximum Gasteiger partial charge on any atom is 0.407 e. The molecular weight excluding hydrogens is 522 g/mol. The minimum Gasteiger partial charge on any atom is -0.465 e. The van der Waals surface area contributed by atoms with Gasteiger partial charge < -0.3 is 30.1 Å². The quantitative estimate of drug-likeness (QED) is 0.296. The zero-order chi connectivity index (χ0) is 28.2.